The summed E-state index contributed by atoms with van der Waals surface area (Å²) in [5.41, 5.74) is 3.03. The van der Waals surface area contributed by atoms with Crippen LogP contribution < -0.4 is 0 Å². The van der Waals surface area contributed by atoms with E-state index in [0.717, 1.165) is 24.0 Å². The molecule has 0 heterocycles. The summed E-state index contributed by atoms with van der Waals surface area (Å²) in [4.78, 5) is 0. The molecule has 0 aliphatic heterocycles. The summed E-state index contributed by atoms with van der Waals surface area (Å²) in [6.45, 7) is 0. The van der Waals surface area contributed by atoms with Crippen LogP contribution >= 0.6 is 0 Å². The zero-order chi connectivity index (χ0) is 14.7. The van der Waals surface area contributed by atoms with Gasteiger partial charge in [-0.1, -0.05) is 48.0 Å². The van der Waals surface area contributed by atoms with Crippen molar-refractivity contribution in [1.29, 1.82) is 0 Å². The van der Waals surface area contributed by atoms with E-state index in [0.29, 0.717) is 0 Å². The Hall–Kier alpha value is -2.22. The highest BCUT2D eigenvalue weighted by Crippen LogP contribution is 2.43. The van der Waals surface area contributed by atoms with Crippen molar-refractivity contribution in [3.63, 3.8) is 0 Å². The third kappa shape index (κ3) is 2.80. The molecule has 0 unspecified atom stereocenters. The molecule has 2 aromatic carbocycles. The minimum Gasteiger partial charge on any atom is -0.508 e. The van der Waals surface area contributed by atoms with Gasteiger partial charge in [0, 0.05) is 17.0 Å². The lowest BCUT2D eigenvalue weighted by molar-refractivity contribution is 0.456. The normalized spacial score (nSPS) is 15.0. The molecule has 0 saturated heterocycles. The summed E-state index contributed by atoms with van der Waals surface area (Å²) in [5.74, 6) is 0.516. The second kappa shape index (κ2) is 6.04. The van der Waals surface area contributed by atoms with Crippen molar-refractivity contribution in [2.45, 2.75) is 31.6 Å². The number of hydrogen-bond donors (Lipinski definition) is 2. The van der Waals surface area contributed by atoms with E-state index < -0.39 is 0 Å². The first-order valence-electron chi connectivity index (χ1n) is 7.52. The first-order chi connectivity index (χ1) is 10.3. The van der Waals surface area contributed by atoms with Gasteiger partial charge in [0.05, 0.1) is 0 Å². The van der Waals surface area contributed by atoms with Crippen LogP contribution in [0.1, 0.15) is 42.7 Å². The van der Waals surface area contributed by atoms with Crippen LogP contribution in [0.2, 0.25) is 0 Å². The van der Waals surface area contributed by atoms with Crippen molar-refractivity contribution >= 4 is 0 Å². The number of aromatic hydroxyl groups is 2. The average molecular weight is 280 g/mol. The molecule has 3 rings (SSSR count). The van der Waals surface area contributed by atoms with E-state index in [-0.39, 0.29) is 17.4 Å². The summed E-state index contributed by atoms with van der Waals surface area (Å²) in [7, 11) is 0. The first kappa shape index (κ1) is 13.7. The van der Waals surface area contributed by atoms with Crippen LogP contribution in [0.15, 0.2) is 60.2 Å². The highest BCUT2D eigenvalue weighted by molar-refractivity contribution is 5.51. The molecule has 0 fully saturated rings. The van der Waals surface area contributed by atoms with E-state index in [9.17, 15) is 10.2 Å². The van der Waals surface area contributed by atoms with Crippen LogP contribution in [0, 0.1) is 0 Å². The predicted octanol–water partition coefficient (Wildman–Crippen LogP) is 4.73. The minimum absolute atomic E-state index is 0.0623. The number of hydrogen-bond acceptors (Lipinski definition) is 2. The van der Waals surface area contributed by atoms with Gasteiger partial charge in [0.15, 0.2) is 0 Å². The highest BCUT2D eigenvalue weighted by atomic mass is 16.3. The second-order valence-corrected chi connectivity index (χ2v) is 5.58. The van der Waals surface area contributed by atoms with Crippen LogP contribution in [0.5, 0.6) is 11.5 Å². The number of para-hydroxylation sites is 2. The van der Waals surface area contributed by atoms with Crippen LogP contribution in [-0.2, 0) is 0 Å². The Kier molecular flexibility index (Phi) is 3.96. The van der Waals surface area contributed by atoms with Gasteiger partial charge in [0.25, 0.3) is 0 Å². The zero-order valence-electron chi connectivity index (χ0n) is 12.0. The second-order valence-electron chi connectivity index (χ2n) is 5.58. The van der Waals surface area contributed by atoms with Crippen LogP contribution in [-0.4, -0.2) is 10.2 Å². The number of allylic oxidation sites excluding steroid dienone is 2. The molecule has 0 bridgehead atoms. The molecule has 0 aromatic heterocycles. The molecular weight excluding hydrogens is 260 g/mol. The fourth-order valence-corrected chi connectivity index (χ4v) is 3.16. The monoisotopic (exact) mass is 280 g/mol. The van der Waals surface area contributed by atoms with Crippen molar-refractivity contribution in [1.82, 2.24) is 0 Å². The third-order valence-corrected chi connectivity index (χ3v) is 4.19. The van der Waals surface area contributed by atoms with Crippen molar-refractivity contribution in [2.75, 3.05) is 0 Å². The van der Waals surface area contributed by atoms with Gasteiger partial charge in [-0.15, -0.1) is 0 Å². The van der Waals surface area contributed by atoms with Crippen LogP contribution in [0.25, 0.3) is 0 Å². The van der Waals surface area contributed by atoms with E-state index >= 15 is 0 Å². The largest absolute Gasteiger partial charge is 0.508 e. The molecule has 0 saturated carbocycles. The molecule has 0 spiro atoms. The lowest BCUT2D eigenvalue weighted by atomic mass is 9.79. The minimum atomic E-state index is -0.0623. The standard InChI is InChI=1S/C19H20O2/c20-17-12-6-4-10-15(17)19(14-8-2-1-3-9-14)16-11-5-7-13-18(16)21/h4-8,10-13,19-21H,1-3,9H2. The lowest BCUT2D eigenvalue weighted by Gasteiger charge is -2.25. The summed E-state index contributed by atoms with van der Waals surface area (Å²) in [5, 5.41) is 20.5. The van der Waals surface area contributed by atoms with Gasteiger partial charge in [0.2, 0.25) is 0 Å². The van der Waals surface area contributed by atoms with Gasteiger partial charge < -0.3 is 10.2 Å². The number of phenols is 2. The maximum atomic E-state index is 10.3. The molecule has 2 heteroatoms. The van der Waals surface area contributed by atoms with Gasteiger partial charge in [-0.05, 0) is 37.8 Å². The summed E-state index contributed by atoms with van der Waals surface area (Å²) < 4.78 is 0. The Bertz CT molecular complexity index is 613. The molecule has 2 aromatic rings. The maximum absolute atomic E-state index is 10.3. The lowest BCUT2D eigenvalue weighted by Crippen LogP contribution is -2.08. The Balaban J connectivity index is 2.14. The number of benzene rings is 2. The molecule has 2 nitrogen and oxygen atoms in total. The Morgan fingerprint density at radius 2 is 1.33 bits per heavy atom. The third-order valence-electron chi connectivity index (χ3n) is 4.19. The summed E-state index contributed by atoms with van der Waals surface area (Å²) in [6, 6.07) is 14.9. The molecule has 21 heavy (non-hydrogen) atoms. The van der Waals surface area contributed by atoms with E-state index in [4.69, 9.17) is 0 Å². The number of phenolic OH excluding ortho intramolecular Hbond substituents is 2. The van der Waals surface area contributed by atoms with E-state index in [1.807, 2.05) is 36.4 Å². The maximum Gasteiger partial charge on any atom is 0.119 e. The molecule has 1 aliphatic rings. The smallest absolute Gasteiger partial charge is 0.119 e. The first-order valence-corrected chi connectivity index (χ1v) is 7.52. The fraction of sp³-hybridized carbons (Fsp3) is 0.263. The van der Waals surface area contributed by atoms with E-state index in [1.54, 1.807) is 12.1 Å². The van der Waals surface area contributed by atoms with Gasteiger partial charge in [-0.25, -0.2) is 0 Å². The van der Waals surface area contributed by atoms with E-state index in [1.165, 1.54) is 18.4 Å². The summed E-state index contributed by atoms with van der Waals surface area (Å²) in [6.07, 6.45) is 6.76. The Morgan fingerprint density at radius 3 is 1.81 bits per heavy atom. The molecular formula is C19H20O2. The molecule has 108 valence electrons. The van der Waals surface area contributed by atoms with Gasteiger partial charge in [-0.2, -0.15) is 0 Å². The fourth-order valence-electron chi connectivity index (χ4n) is 3.16. The molecule has 2 N–H and O–H groups in total. The Morgan fingerprint density at radius 1 is 0.762 bits per heavy atom. The topological polar surface area (TPSA) is 40.5 Å². The SMILES string of the molecule is Oc1ccccc1C(C1=CCCCC1)c1ccccc1O. The predicted molar refractivity (Wildman–Crippen MR) is 84.6 cm³/mol. The van der Waals surface area contributed by atoms with Crippen molar-refractivity contribution < 1.29 is 10.2 Å². The zero-order valence-corrected chi connectivity index (χ0v) is 12.0. The van der Waals surface area contributed by atoms with Gasteiger partial charge in [-0.3, -0.25) is 0 Å². The van der Waals surface area contributed by atoms with E-state index in [2.05, 4.69) is 6.08 Å². The van der Waals surface area contributed by atoms with Crippen molar-refractivity contribution in [3.05, 3.63) is 71.3 Å². The van der Waals surface area contributed by atoms with Crippen molar-refractivity contribution in [3.8, 4) is 11.5 Å². The number of rotatable bonds is 3. The molecule has 0 atom stereocenters. The quantitative estimate of drug-likeness (QED) is 0.798. The van der Waals surface area contributed by atoms with Gasteiger partial charge >= 0.3 is 0 Å². The highest BCUT2D eigenvalue weighted by Gasteiger charge is 2.24. The molecule has 0 radical (unpaired) electrons. The van der Waals surface area contributed by atoms with Crippen LogP contribution in [0.4, 0.5) is 0 Å². The van der Waals surface area contributed by atoms with Crippen molar-refractivity contribution in [2.24, 2.45) is 0 Å². The Labute approximate surface area is 125 Å². The summed E-state index contributed by atoms with van der Waals surface area (Å²) >= 11 is 0. The molecule has 1 aliphatic carbocycles. The van der Waals surface area contributed by atoms with Gasteiger partial charge in [0.1, 0.15) is 11.5 Å². The molecule has 0 amide bonds. The van der Waals surface area contributed by atoms with Crippen LogP contribution in [0.3, 0.4) is 0 Å². The average Bonchev–Trinajstić information content (AvgIpc) is 2.52.